The Hall–Kier alpha value is -0.570. The van der Waals surface area contributed by atoms with Gasteiger partial charge in [-0.25, -0.2) is 0 Å². The van der Waals surface area contributed by atoms with Gasteiger partial charge < -0.3 is 5.73 Å². The van der Waals surface area contributed by atoms with E-state index in [1.54, 1.807) is 19.1 Å². The summed E-state index contributed by atoms with van der Waals surface area (Å²) < 4.78 is 0. The van der Waals surface area contributed by atoms with Crippen LogP contribution in [-0.4, -0.2) is 13.3 Å². The van der Waals surface area contributed by atoms with E-state index in [1.807, 2.05) is 13.8 Å². The van der Waals surface area contributed by atoms with Gasteiger partial charge in [0.25, 0.3) is 0 Å². The molecule has 2 nitrogen and oxygen atoms in total. The minimum atomic E-state index is 0.505. The molecular weight excluding hydrogens is 233 g/mol. The monoisotopic (exact) mass is 249 g/mol. The quantitative estimate of drug-likeness (QED) is 0.772. The van der Waals surface area contributed by atoms with Gasteiger partial charge in [-0.15, -0.1) is 0 Å². The molecule has 0 aliphatic rings. The maximum Gasteiger partial charge on any atom is 0.150 e. The molecule has 4 heteroatoms. The predicted molar refractivity (Wildman–Crippen MR) is 68.0 cm³/mol. The lowest BCUT2D eigenvalue weighted by atomic mass is 10.2. The Kier molecular flexibility index (Phi) is 11.2. The van der Waals surface area contributed by atoms with Crippen LogP contribution in [0.25, 0.3) is 0 Å². The van der Waals surface area contributed by atoms with Crippen LogP contribution in [0.4, 0.5) is 0 Å². The molecule has 0 aliphatic heterocycles. The van der Waals surface area contributed by atoms with E-state index < -0.39 is 0 Å². The first-order valence-corrected chi connectivity index (χ1v) is 5.39. The molecule has 0 saturated carbocycles. The number of nitrogens with two attached hydrogens (primary N) is 1. The van der Waals surface area contributed by atoms with Gasteiger partial charge in [0.15, 0.2) is 0 Å². The second-order valence-corrected chi connectivity index (χ2v) is 3.04. The zero-order valence-corrected chi connectivity index (χ0v) is 11.0. The van der Waals surface area contributed by atoms with Gasteiger partial charge in [-0.2, -0.15) is 0 Å². The molecule has 1 aromatic rings. The Balaban J connectivity index is 0. The highest BCUT2D eigenvalue weighted by Gasteiger charge is 2.02. The van der Waals surface area contributed by atoms with E-state index in [9.17, 15) is 4.79 Å². The van der Waals surface area contributed by atoms with Crippen LogP contribution in [-0.2, 0) is 0 Å². The number of rotatable bonds is 1. The molecule has 0 bridgehead atoms. The van der Waals surface area contributed by atoms with Crippen LogP contribution in [0.15, 0.2) is 12.1 Å². The standard InChI is InChI=1S/C8H6Cl2O.C2H6.CH5N/c1-5-7(9)2-6(4-11)3-8(5)10;2*1-2/h2-4H,1H3;1-2H3;2H2,1H3. The Morgan fingerprint density at radius 2 is 1.47 bits per heavy atom. The van der Waals surface area contributed by atoms with Gasteiger partial charge >= 0.3 is 0 Å². The summed E-state index contributed by atoms with van der Waals surface area (Å²) in [5.41, 5.74) is 5.81. The maximum absolute atomic E-state index is 10.3. The largest absolute Gasteiger partial charge is 0.333 e. The van der Waals surface area contributed by atoms with E-state index in [2.05, 4.69) is 5.73 Å². The van der Waals surface area contributed by atoms with E-state index in [4.69, 9.17) is 23.2 Å². The average Bonchev–Trinajstić information content (AvgIpc) is 2.30. The Morgan fingerprint density at radius 1 is 1.13 bits per heavy atom. The molecular formula is C11H17Cl2NO. The third-order valence-electron chi connectivity index (χ3n) is 1.44. The van der Waals surface area contributed by atoms with Crippen molar-refractivity contribution in [2.75, 3.05) is 7.05 Å². The molecule has 0 aliphatic carbocycles. The van der Waals surface area contributed by atoms with Crippen molar-refractivity contribution >= 4 is 29.5 Å². The smallest absolute Gasteiger partial charge is 0.150 e. The molecule has 0 heterocycles. The first-order chi connectivity index (χ1) is 7.15. The number of aldehydes is 1. The number of benzene rings is 1. The summed E-state index contributed by atoms with van der Waals surface area (Å²) in [4.78, 5) is 10.3. The van der Waals surface area contributed by atoms with Crippen molar-refractivity contribution in [3.63, 3.8) is 0 Å². The minimum absolute atomic E-state index is 0.505. The van der Waals surface area contributed by atoms with Gasteiger partial charge in [0, 0.05) is 15.6 Å². The van der Waals surface area contributed by atoms with Crippen LogP contribution in [0.5, 0.6) is 0 Å². The Labute approximate surface area is 101 Å². The molecule has 1 rings (SSSR count). The van der Waals surface area contributed by atoms with Crippen molar-refractivity contribution in [2.24, 2.45) is 5.73 Å². The normalized spacial score (nSPS) is 7.93. The van der Waals surface area contributed by atoms with Crippen LogP contribution < -0.4 is 5.73 Å². The second-order valence-electron chi connectivity index (χ2n) is 2.23. The van der Waals surface area contributed by atoms with Crippen molar-refractivity contribution in [1.29, 1.82) is 0 Å². The fraction of sp³-hybridized carbons (Fsp3) is 0.364. The van der Waals surface area contributed by atoms with Crippen molar-refractivity contribution in [1.82, 2.24) is 0 Å². The summed E-state index contributed by atoms with van der Waals surface area (Å²) in [5.74, 6) is 0. The van der Waals surface area contributed by atoms with Gasteiger partial charge in [0.1, 0.15) is 6.29 Å². The maximum atomic E-state index is 10.3. The van der Waals surface area contributed by atoms with Crippen molar-refractivity contribution in [3.05, 3.63) is 33.3 Å². The molecule has 0 amide bonds. The van der Waals surface area contributed by atoms with Crippen molar-refractivity contribution in [3.8, 4) is 0 Å². The molecule has 1 aromatic carbocycles. The number of carbonyl (C=O) groups excluding carboxylic acids is 1. The molecule has 0 atom stereocenters. The van der Waals surface area contributed by atoms with E-state index in [1.165, 1.54) is 7.05 Å². The van der Waals surface area contributed by atoms with E-state index in [-0.39, 0.29) is 0 Å². The lowest BCUT2D eigenvalue weighted by molar-refractivity contribution is 0.112. The Morgan fingerprint density at radius 3 is 1.73 bits per heavy atom. The molecule has 2 N–H and O–H groups in total. The SMILES string of the molecule is CC.CN.Cc1c(Cl)cc(C=O)cc1Cl. The third kappa shape index (κ3) is 5.78. The van der Waals surface area contributed by atoms with Crippen molar-refractivity contribution < 1.29 is 4.79 Å². The first kappa shape index (κ1) is 16.8. The van der Waals surface area contributed by atoms with Crippen LogP contribution in [0.3, 0.4) is 0 Å². The summed E-state index contributed by atoms with van der Waals surface area (Å²) in [5, 5.41) is 1.05. The summed E-state index contributed by atoms with van der Waals surface area (Å²) >= 11 is 11.5. The second kappa shape index (κ2) is 9.97. The van der Waals surface area contributed by atoms with Crippen LogP contribution in [0.2, 0.25) is 10.0 Å². The van der Waals surface area contributed by atoms with Gasteiger partial charge in [-0.05, 0) is 31.7 Å². The molecule has 0 fully saturated rings. The molecule has 15 heavy (non-hydrogen) atoms. The fourth-order valence-electron chi connectivity index (χ4n) is 0.733. The summed E-state index contributed by atoms with van der Waals surface area (Å²) in [6, 6.07) is 3.19. The molecule has 0 saturated heterocycles. The summed E-state index contributed by atoms with van der Waals surface area (Å²) in [6.07, 6.45) is 0.719. The topological polar surface area (TPSA) is 43.1 Å². The van der Waals surface area contributed by atoms with Gasteiger partial charge in [-0.1, -0.05) is 37.0 Å². The minimum Gasteiger partial charge on any atom is -0.333 e. The van der Waals surface area contributed by atoms with Gasteiger partial charge in [0.2, 0.25) is 0 Å². The Bertz CT molecular complexity index is 278. The molecule has 0 radical (unpaired) electrons. The number of carbonyl (C=O) groups is 1. The lowest BCUT2D eigenvalue weighted by Crippen LogP contribution is -1.83. The summed E-state index contributed by atoms with van der Waals surface area (Å²) in [7, 11) is 1.50. The van der Waals surface area contributed by atoms with E-state index in [0.29, 0.717) is 15.6 Å². The van der Waals surface area contributed by atoms with E-state index >= 15 is 0 Å². The zero-order chi connectivity index (χ0) is 12.4. The van der Waals surface area contributed by atoms with Gasteiger partial charge in [0.05, 0.1) is 0 Å². The number of halogens is 2. The van der Waals surface area contributed by atoms with Crippen LogP contribution in [0, 0.1) is 6.92 Å². The van der Waals surface area contributed by atoms with Crippen molar-refractivity contribution in [2.45, 2.75) is 20.8 Å². The molecule has 86 valence electrons. The highest BCUT2D eigenvalue weighted by molar-refractivity contribution is 6.36. The highest BCUT2D eigenvalue weighted by atomic mass is 35.5. The molecule has 0 aromatic heterocycles. The van der Waals surface area contributed by atoms with E-state index in [0.717, 1.165) is 11.8 Å². The van der Waals surface area contributed by atoms with Crippen LogP contribution >= 0.6 is 23.2 Å². The van der Waals surface area contributed by atoms with Crippen LogP contribution in [0.1, 0.15) is 29.8 Å². The number of hydrogen-bond acceptors (Lipinski definition) is 2. The predicted octanol–water partition coefficient (Wildman–Crippen LogP) is 3.72. The highest BCUT2D eigenvalue weighted by Crippen LogP contribution is 2.24. The lowest BCUT2D eigenvalue weighted by Gasteiger charge is -2.00. The fourth-order valence-corrected chi connectivity index (χ4v) is 1.24. The van der Waals surface area contributed by atoms with Gasteiger partial charge in [-0.3, -0.25) is 4.79 Å². The molecule has 0 unspecified atom stereocenters. The number of hydrogen-bond donors (Lipinski definition) is 1. The first-order valence-electron chi connectivity index (χ1n) is 4.63. The molecule has 0 spiro atoms. The third-order valence-corrected chi connectivity index (χ3v) is 2.22. The zero-order valence-electron chi connectivity index (χ0n) is 9.47. The average molecular weight is 250 g/mol. The summed E-state index contributed by atoms with van der Waals surface area (Å²) in [6.45, 7) is 5.80.